The topological polar surface area (TPSA) is 50.4 Å². The van der Waals surface area contributed by atoms with Gasteiger partial charge in [0.15, 0.2) is 0 Å². The molecule has 18 heavy (non-hydrogen) atoms. The third-order valence-electron chi connectivity index (χ3n) is 2.30. The van der Waals surface area contributed by atoms with Crippen LogP contribution in [0.4, 0.5) is 5.69 Å². The van der Waals surface area contributed by atoms with E-state index in [-0.39, 0.29) is 11.9 Å². The number of methoxy groups -OCH3 is 1. The predicted octanol–water partition coefficient (Wildman–Crippen LogP) is 2.56. The summed E-state index contributed by atoms with van der Waals surface area (Å²) in [6, 6.07) is 5.25. The van der Waals surface area contributed by atoms with Crippen molar-refractivity contribution in [1.82, 2.24) is 5.32 Å². The zero-order chi connectivity index (χ0) is 13.5. The van der Waals surface area contributed by atoms with Crippen molar-refractivity contribution < 1.29 is 9.53 Å². The normalized spacial score (nSPS) is 11.5. The Morgan fingerprint density at radius 2 is 2.28 bits per heavy atom. The van der Waals surface area contributed by atoms with Crippen molar-refractivity contribution in [3.05, 3.63) is 35.3 Å². The van der Waals surface area contributed by atoms with Crippen LogP contribution in [-0.2, 0) is 4.79 Å². The molecule has 1 amide bonds. The summed E-state index contributed by atoms with van der Waals surface area (Å²) in [4.78, 5) is 11.7. The number of halogens is 1. The van der Waals surface area contributed by atoms with E-state index in [0.29, 0.717) is 6.54 Å². The standard InChI is InChI=1S/C13H17BrN2O2/c1-4-5-15-13(17)9(2)16-11-6-10(14)7-12(8-11)18-3/h4,6-9,16H,1,5H2,2-3H3,(H,15,17). The van der Waals surface area contributed by atoms with Crippen LogP contribution in [0.2, 0.25) is 0 Å². The van der Waals surface area contributed by atoms with Crippen molar-refractivity contribution in [2.45, 2.75) is 13.0 Å². The highest BCUT2D eigenvalue weighted by atomic mass is 79.9. The third-order valence-corrected chi connectivity index (χ3v) is 2.76. The molecule has 0 aromatic heterocycles. The molecule has 0 spiro atoms. The number of carbonyl (C=O) groups excluding carboxylic acids is 1. The number of hydrogen-bond acceptors (Lipinski definition) is 3. The fourth-order valence-electron chi connectivity index (χ4n) is 1.41. The summed E-state index contributed by atoms with van der Waals surface area (Å²) in [7, 11) is 1.60. The number of carbonyl (C=O) groups is 1. The van der Waals surface area contributed by atoms with Gasteiger partial charge in [-0.15, -0.1) is 6.58 Å². The number of benzene rings is 1. The van der Waals surface area contributed by atoms with E-state index in [1.807, 2.05) is 18.2 Å². The van der Waals surface area contributed by atoms with Crippen molar-refractivity contribution in [1.29, 1.82) is 0 Å². The number of nitrogens with one attached hydrogen (secondary N) is 2. The van der Waals surface area contributed by atoms with E-state index in [1.54, 1.807) is 20.1 Å². The van der Waals surface area contributed by atoms with Crippen molar-refractivity contribution in [2.75, 3.05) is 19.0 Å². The van der Waals surface area contributed by atoms with Gasteiger partial charge in [-0.2, -0.15) is 0 Å². The summed E-state index contributed by atoms with van der Waals surface area (Å²) >= 11 is 3.39. The molecule has 1 unspecified atom stereocenters. The molecule has 4 nitrogen and oxygen atoms in total. The first-order valence-corrected chi connectivity index (χ1v) is 6.36. The van der Waals surface area contributed by atoms with Crippen molar-refractivity contribution in [3.63, 3.8) is 0 Å². The van der Waals surface area contributed by atoms with E-state index in [2.05, 4.69) is 33.1 Å². The van der Waals surface area contributed by atoms with Gasteiger partial charge in [0.25, 0.3) is 0 Å². The second-order valence-electron chi connectivity index (χ2n) is 3.78. The van der Waals surface area contributed by atoms with Crippen LogP contribution in [0.3, 0.4) is 0 Å². The van der Waals surface area contributed by atoms with E-state index in [4.69, 9.17) is 4.74 Å². The molecule has 0 fully saturated rings. The van der Waals surface area contributed by atoms with E-state index < -0.39 is 0 Å². The van der Waals surface area contributed by atoms with Gasteiger partial charge in [0.1, 0.15) is 11.8 Å². The monoisotopic (exact) mass is 312 g/mol. The number of anilines is 1. The second-order valence-corrected chi connectivity index (χ2v) is 4.70. The van der Waals surface area contributed by atoms with Crippen molar-refractivity contribution >= 4 is 27.5 Å². The Labute approximate surface area is 116 Å². The van der Waals surface area contributed by atoms with Crippen LogP contribution in [0, 0.1) is 0 Å². The molecule has 1 atom stereocenters. The minimum absolute atomic E-state index is 0.0751. The Morgan fingerprint density at radius 3 is 2.89 bits per heavy atom. The van der Waals surface area contributed by atoms with Crippen LogP contribution in [0.25, 0.3) is 0 Å². The second kappa shape index (κ2) is 7.06. The van der Waals surface area contributed by atoms with Crippen molar-refractivity contribution in [3.8, 4) is 5.75 Å². The predicted molar refractivity (Wildman–Crippen MR) is 77.0 cm³/mol. The van der Waals surface area contributed by atoms with E-state index in [1.165, 1.54) is 0 Å². The molecule has 0 saturated heterocycles. The maximum absolute atomic E-state index is 11.7. The minimum Gasteiger partial charge on any atom is -0.497 e. The Bertz CT molecular complexity index is 435. The van der Waals surface area contributed by atoms with Crippen LogP contribution in [0.5, 0.6) is 5.75 Å². The molecule has 1 aromatic rings. The molecular weight excluding hydrogens is 296 g/mol. The summed E-state index contributed by atoms with van der Waals surface area (Å²) in [5.74, 6) is 0.652. The highest BCUT2D eigenvalue weighted by Gasteiger charge is 2.12. The number of amides is 1. The van der Waals surface area contributed by atoms with Crippen LogP contribution in [0.15, 0.2) is 35.3 Å². The van der Waals surface area contributed by atoms with Gasteiger partial charge in [-0.05, 0) is 19.1 Å². The molecule has 0 bridgehead atoms. The molecule has 0 saturated carbocycles. The number of hydrogen-bond donors (Lipinski definition) is 2. The Hall–Kier alpha value is -1.49. The highest BCUT2D eigenvalue weighted by Crippen LogP contribution is 2.24. The summed E-state index contributed by atoms with van der Waals surface area (Å²) in [6.07, 6.45) is 1.65. The molecule has 1 rings (SSSR count). The molecule has 0 aliphatic heterocycles. The van der Waals surface area contributed by atoms with E-state index >= 15 is 0 Å². The van der Waals surface area contributed by atoms with Crippen LogP contribution in [-0.4, -0.2) is 25.6 Å². The van der Waals surface area contributed by atoms with Gasteiger partial charge in [-0.25, -0.2) is 0 Å². The SMILES string of the molecule is C=CCNC(=O)C(C)Nc1cc(Br)cc(OC)c1. The lowest BCUT2D eigenvalue weighted by Gasteiger charge is -2.15. The van der Waals surface area contributed by atoms with Gasteiger partial charge in [-0.1, -0.05) is 22.0 Å². The average molecular weight is 313 g/mol. The van der Waals surface area contributed by atoms with Gasteiger partial charge >= 0.3 is 0 Å². The molecule has 98 valence electrons. The van der Waals surface area contributed by atoms with Gasteiger partial charge in [0, 0.05) is 22.8 Å². The largest absolute Gasteiger partial charge is 0.497 e. The van der Waals surface area contributed by atoms with Gasteiger partial charge in [0.2, 0.25) is 5.91 Å². The van der Waals surface area contributed by atoms with Crippen LogP contribution < -0.4 is 15.4 Å². The first-order valence-electron chi connectivity index (χ1n) is 5.56. The zero-order valence-electron chi connectivity index (χ0n) is 10.5. The maximum atomic E-state index is 11.7. The van der Waals surface area contributed by atoms with Gasteiger partial charge < -0.3 is 15.4 Å². The maximum Gasteiger partial charge on any atom is 0.242 e. The third kappa shape index (κ3) is 4.41. The average Bonchev–Trinajstić information content (AvgIpc) is 2.34. The summed E-state index contributed by atoms with van der Waals surface area (Å²) in [6.45, 7) is 5.81. The molecule has 0 radical (unpaired) electrons. The Kier molecular flexibility index (Phi) is 5.71. The molecule has 0 heterocycles. The highest BCUT2D eigenvalue weighted by molar-refractivity contribution is 9.10. The fourth-order valence-corrected chi connectivity index (χ4v) is 1.88. The quantitative estimate of drug-likeness (QED) is 0.794. The minimum atomic E-state index is -0.330. The summed E-state index contributed by atoms with van der Waals surface area (Å²) in [5.41, 5.74) is 0.822. The molecule has 2 N–H and O–H groups in total. The fraction of sp³-hybridized carbons (Fsp3) is 0.308. The van der Waals surface area contributed by atoms with Crippen molar-refractivity contribution in [2.24, 2.45) is 0 Å². The molecule has 5 heteroatoms. The molecule has 0 aliphatic rings. The lowest BCUT2D eigenvalue weighted by atomic mass is 10.2. The first-order chi connectivity index (χ1) is 8.56. The van der Waals surface area contributed by atoms with Gasteiger partial charge in [0.05, 0.1) is 7.11 Å². The van der Waals surface area contributed by atoms with Crippen LogP contribution >= 0.6 is 15.9 Å². The number of ether oxygens (including phenoxy) is 1. The number of rotatable bonds is 6. The van der Waals surface area contributed by atoms with E-state index in [9.17, 15) is 4.79 Å². The Morgan fingerprint density at radius 1 is 1.56 bits per heavy atom. The zero-order valence-corrected chi connectivity index (χ0v) is 12.1. The molecular formula is C13H17BrN2O2. The molecule has 1 aromatic carbocycles. The smallest absolute Gasteiger partial charge is 0.242 e. The Balaban J connectivity index is 2.68. The first kappa shape index (κ1) is 14.6. The molecule has 0 aliphatic carbocycles. The lowest BCUT2D eigenvalue weighted by Crippen LogP contribution is -2.37. The van der Waals surface area contributed by atoms with Crippen LogP contribution in [0.1, 0.15) is 6.92 Å². The van der Waals surface area contributed by atoms with Gasteiger partial charge in [-0.3, -0.25) is 4.79 Å². The summed E-state index contributed by atoms with van der Waals surface area (Å²) in [5, 5.41) is 5.84. The summed E-state index contributed by atoms with van der Waals surface area (Å²) < 4.78 is 6.05. The van der Waals surface area contributed by atoms with E-state index in [0.717, 1.165) is 15.9 Å². The lowest BCUT2D eigenvalue weighted by molar-refractivity contribution is -0.121.